The number of fused-ring (bicyclic) bond motifs is 1. The average molecular weight is 396 g/mol. The third-order valence-electron chi connectivity index (χ3n) is 6.30. The molecule has 0 aromatic heterocycles. The van der Waals surface area contributed by atoms with Gasteiger partial charge in [0.25, 0.3) is 0 Å². The highest BCUT2D eigenvalue weighted by Crippen LogP contribution is 2.67. The van der Waals surface area contributed by atoms with Gasteiger partial charge in [-0.2, -0.15) is 0 Å². The standard InChI is InChI=1S/C23H25O4P/c1-16-15-20-21(27-28(24,25)26)13-14-23(20,17(2)18-9-5-3-6-10-18)22(16)19-11-7-4-8-12-19/h3-12,20-21H,2,13-15H2,1H3,(H2,24,25,26)/t20?,21-,23-/m0/s1. The van der Waals surface area contributed by atoms with Gasteiger partial charge in [0.05, 0.1) is 6.10 Å². The van der Waals surface area contributed by atoms with Crippen LogP contribution >= 0.6 is 7.82 Å². The molecule has 4 nitrogen and oxygen atoms in total. The molecule has 0 radical (unpaired) electrons. The highest BCUT2D eigenvalue weighted by Gasteiger charge is 2.57. The fourth-order valence-corrected chi connectivity index (χ4v) is 5.94. The van der Waals surface area contributed by atoms with E-state index in [1.54, 1.807) is 0 Å². The summed E-state index contributed by atoms with van der Waals surface area (Å²) in [6.07, 6.45) is 1.63. The second-order valence-corrected chi connectivity index (χ2v) is 9.01. The van der Waals surface area contributed by atoms with Crippen LogP contribution in [0.25, 0.3) is 11.1 Å². The van der Waals surface area contributed by atoms with Crippen LogP contribution in [0.1, 0.15) is 37.3 Å². The number of rotatable bonds is 5. The van der Waals surface area contributed by atoms with Crippen molar-refractivity contribution < 1.29 is 18.9 Å². The molecule has 3 atom stereocenters. The zero-order valence-electron chi connectivity index (χ0n) is 15.9. The summed E-state index contributed by atoms with van der Waals surface area (Å²) in [5.74, 6) is -0.0389. The van der Waals surface area contributed by atoms with Crippen LogP contribution in [0.5, 0.6) is 0 Å². The molecule has 5 heteroatoms. The fourth-order valence-electron chi connectivity index (χ4n) is 5.34. The maximum absolute atomic E-state index is 11.6. The van der Waals surface area contributed by atoms with Crippen molar-refractivity contribution in [1.82, 2.24) is 0 Å². The monoisotopic (exact) mass is 396 g/mol. The molecule has 0 amide bonds. The second-order valence-electron chi connectivity index (χ2n) is 7.82. The van der Waals surface area contributed by atoms with E-state index < -0.39 is 13.9 Å². The van der Waals surface area contributed by atoms with Crippen molar-refractivity contribution in [1.29, 1.82) is 0 Å². The number of allylic oxidation sites excluding steroid dienone is 3. The molecule has 0 heterocycles. The lowest BCUT2D eigenvalue weighted by Gasteiger charge is -2.37. The minimum Gasteiger partial charge on any atom is -0.303 e. The smallest absolute Gasteiger partial charge is 0.303 e. The van der Waals surface area contributed by atoms with Crippen LogP contribution in [0.15, 0.2) is 72.8 Å². The number of phosphoric acid groups is 1. The van der Waals surface area contributed by atoms with E-state index in [0.29, 0.717) is 6.42 Å². The van der Waals surface area contributed by atoms with Gasteiger partial charge in [0.2, 0.25) is 0 Å². The highest BCUT2D eigenvalue weighted by atomic mass is 31.2. The molecule has 0 saturated heterocycles. The fraction of sp³-hybridized carbons (Fsp3) is 0.304. The van der Waals surface area contributed by atoms with Crippen LogP contribution in [-0.2, 0) is 9.09 Å². The highest BCUT2D eigenvalue weighted by molar-refractivity contribution is 7.46. The molecule has 0 aliphatic heterocycles. The molecule has 146 valence electrons. The predicted molar refractivity (Wildman–Crippen MR) is 111 cm³/mol. The average Bonchev–Trinajstić information content (AvgIpc) is 3.15. The molecule has 1 saturated carbocycles. The molecule has 1 unspecified atom stereocenters. The largest absolute Gasteiger partial charge is 0.469 e. The van der Waals surface area contributed by atoms with E-state index in [-0.39, 0.29) is 11.3 Å². The second kappa shape index (κ2) is 7.13. The Morgan fingerprint density at radius 3 is 2.32 bits per heavy atom. The van der Waals surface area contributed by atoms with Gasteiger partial charge >= 0.3 is 7.82 Å². The van der Waals surface area contributed by atoms with E-state index in [0.717, 1.165) is 29.5 Å². The van der Waals surface area contributed by atoms with Gasteiger partial charge in [0, 0.05) is 11.3 Å². The van der Waals surface area contributed by atoms with Crippen molar-refractivity contribution in [3.63, 3.8) is 0 Å². The van der Waals surface area contributed by atoms with Crippen LogP contribution in [0, 0.1) is 11.3 Å². The van der Waals surface area contributed by atoms with Crippen LogP contribution in [-0.4, -0.2) is 15.9 Å². The molecule has 0 spiro atoms. The first kappa shape index (κ1) is 19.4. The summed E-state index contributed by atoms with van der Waals surface area (Å²) in [6, 6.07) is 20.4. The van der Waals surface area contributed by atoms with E-state index in [2.05, 4.69) is 37.8 Å². The van der Waals surface area contributed by atoms with E-state index in [4.69, 9.17) is 4.52 Å². The minimum absolute atomic E-state index is 0.0389. The number of hydrogen-bond acceptors (Lipinski definition) is 2. The van der Waals surface area contributed by atoms with E-state index >= 15 is 0 Å². The van der Waals surface area contributed by atoms with E-state index in [1.807, 2.05) is 36.4 Å². The van der Waals surface area contributed by atoms with E-state index in [1.165, 1.54) is 11.1 Å². The van der Waals surface area contributed by atoms with Crippen molar-refractivity contribution in [2.75, 3.05) is 0 Å². The van der Waals surface area contributed by atoms with Gasteiger partial charge in [0.1, 0.15) is 0 Å². The molecule has 28 heavy (non-hydrogen) atoms. The molecule has 2 aliphatic carbocycles. The Bertz CT molecular complexity index is 961. The van der Waals surface area contributed by atoms with Crippen molar-refractivity contribution >= 4 is 19.0 Å². The van der Waals surface area contributed by atoms with Crippen molar-refractivity contribution in [2.45, 2.75) is 32.3 Å². The van der Waals surface area contributed by atoms with Crippen molar-refractivity contribution in [3.8, 4) is 0 Å². The van der Waals surface area contributed by atoms with Crippen LogP contribution in [0.4, 0.5) is 0 Å². The Balaban J connectivity index is 1.85. The van der Waals surface area contributed by atoms with Crippen molar-refractivity contribution in [3.05, 3.63) is 83.9 Å². The van der Waals surface area contributed by atoms with Gasteiger partial charge in [-0.05, 0) is 48.5 Å². The molecular formula is C23H25O4P. The molecule has 1 fully saturated rings. The van der Waals surface area contributed by atoms with Gasteiger partial charge in [-0.15, -0.1) is 0 Å². The first-order chi connectivity index (χ1) is 13.3. The lowest BCUT2D eigenvalue weighted by molar-refractivity contribution is 0.0968. The zero-order valence-corrected chi connectivity index (χ0v) is 16.8. The van der Waals surface area contributed by atoms with Gasteiger partial charge in [0.15, 0.2) is 0 Å². The lowest BCUT2D eigenvalue weighted by atomic mass is 9.66. The molecule has 0 bridgehead atoms. The van der Waals surface area contributed by atoms with Gasteiger partial charge in [-0.25, -0.2) is 4.57 Å². The predicted octanol–water partition coefficient (Wildman–Crippen LogP) is 5.45. The SMILES string of the molecule is C=C(c1ccccc1)[C@@]12CC[C@H](OP(=O)(O)O)C1CC(C)=C2c1ccccc1. The molecule has 2 aromatic rings. The van der Waals surface area contributed by atoms with Crippen molar-refractivity contribution in [2.24, 2.45) is 11.3 Å². The lowest BCUT2D eigenvalue weighted by Crippen LogP contribution is -2.30. The number of hydrogen-bond donors (Lipinski definition) is 2. The third kappa shape index (κ3) is 3.21. The zero-order chi connectivity index (χ0) is 19.9. The van der Waals surface area contributed by atoms with Gasteiger partial charge in [-0.1, -0.05) is 72.8 Å². The summed E-state index contributed by atoms with van der Waals surface area (Å²) in [6.45, 7) is 6.62. The third-order valence-corrected chi connectivity index (χ3v) is 6.85. The minimum atomic E-state index is -4.56. The summed E-state index contributed by atoms with van der Waals surface area (Å²) in [4.78, 5) is 18.9. The van der Waals surface area contributed by atoms with Crippen LogP contribution < -0.4 is 0 Å². The molecular weight excluding hydrogens is 371 g/mol. The normalized spacial score (nSPS) is 27.1. The Morgan fingerprint density at radius 1 is 1.11 bits per heavy atom. The summed E-state index contributed by atoms with van der Waals surface area (Å²) in [7, 11) is -4.56. The number of benzene rings is 2. The van der Waals surface area contributed by atoms with Crippen LogP contribution in [0.2, 0.25) is 0 Å². The molecule has 2 N–H and O–H groups in total. The molecule has 2 aromatic carbocycles. The summed E-state index contributed by atoms with van der Waals surface area (Å²) >= 11 is 0. The Labute approximate surface area is 165 Å². The first-order valence-corrected chi connectivity index (χ1v) is 11.1. The quantitative estimate of drug-likeness (QED) is 0.660. The van der Waals surface area contributed by atoms with Gasteiger partial charge in [-0.3, -0.25) is 4.52 Å². The molecule has 2 aliphatic rings. The maximum atomic E-state index is 11.6. The maximum Gasteiger partial charge on any atom is 0.469 e. The summed E-state index contributed by atoms with van der Waals surface area (Å²) < 4.78 is 16.8. The Kier molecular flexibility index (Phi) is 4.93. The van der Waals surface area contributed by atoms with Gasteiger partial charge < -0.3 is 9.79 Å². The van der Waals surface area contributed by atoms with Crippen LogP contribution in [0.3, 0.4) is 0 Å². The number of phosphoric ester groups is 1. The first-order valence-electron chi connectivity index (χ1n) is 9.57. The summed E-state index contributed by atoms with van der Waals surface area (Å²) in [5, 5.41) is 0. The molecule has 4 rings (SSSR count). The topological polar surface area (TPSA) is 66.8 Å². The Morgan fingerprint density at radius 2 is 1.71 bits per heavy atom. The van der Waals surface area contributed by atoms with E-state index in [9.17, 15) is 14.4 Å². The summed E-state index contributed by atoms with van der Waals surface area (Å²) in [5.41, 5.74) is 5.32. The Hall–Kier alpha value is -1.97.